The van der Waals surface area contributed by atoms with Crippen LogP contribution < -0.4 is 10.6 Å². The Morgan fingerprint density at radius 3 is 2.35 bits per heavy atom. The highest BCUT2D eigenvalue weighted by Gasteiger charge is 2.21. The molecule has 0 aliphatic heterocycles. The summed E-state index contributed by atoms with van der Waals surface area (Å²) in [6.45, 7) is 0. The highest BCUT2D eigenvalue weighted by molar-refractivity contribution is 6.33. The number of amides is 2. The van der Waals surface area contributed by atoms with Gasteiger partial charge in [0.1, 0.15) is 0 Å². The van der Waals surface area contributed by atoms with Crippen molar-refractivity contribution in [3.05, 3.63) is 105 Å². The Balaban J connectivity index is 1.77. The molecule has 7 nitrogen and oxygen atoms in total. The molecule has 3 aromatic rings. The lowest BCUT2D eigenvalue weighted by Gasteiger charge is -2.19. The molecule has 2 amide bonds. The van der Waals surface area contributed by atoms with Gasteiger partial charge in [0.2, 0.25) is 5.91 Å². The van der Waals surface area contributed by atoms with Crippen molar-refractivity contribution in [3.63, 3.8) is 0 Å². The Hall–Kier alpha value is -3.78. The van der Waals surface area contributed by atoms with Crippen LogP contribution in [-0.4, -0.2) is 16.7 Å². The molecule has 0 heterocycles. The van der Waals surface area contributed by atoms with Crippen molar-refractivity contribution in [1.29, 1.82) is 0 Å². The van der Waals surface area contributed by atoms with Gasteiger partial charge in [0.05, 0.1) is 39.7 Å². The molecule has 0 spiro atoms. The zero-order chi connectivity index (χ0) is 22.4. The molecular formula is C22H17ClFN3O4. The zero-order valence-electron chi connectivity index (χ0n) is 16.0. The monoisotopic (exact) mass is 441 g/mol. The van der Waals surface area contributed by atoms with Crippen LogP contribution in [0, 0.1) is 15.9 Å². The second-order valence-electron chi connectivity index (χ2n) is 6.59. The van der Waals surface area contributed by atoms with Crippen molar-refractivity contribution < 1.29 is 18.9 Å². The summed E-state index contributed by atoms with van der Waals surface area (Å²) in [5.41, 5.74) is 0.304. The van der Waals surface area contributed by atoms with E-state index in [4.69, 9.17) is 11.6 Å². The smallest absolute Gasteiger partial charge is 0.272 e. The van der Waals surface area contributed by atoms with Crippen molar-refractivity contribution in [1.82, 2.24) is 5.32 Å². The van der Waals surface area contributed by atoms with Gasteiger partial charge in [0.15, 0.2) is 5.82 Å². The largest absolute Gasteiger partial charge is 0.345 e. The molecule has 0 bridgehead atoms. The average molecular weight is 442 g/mol. The van der Waals surface area contributed by atoms with Crippen LogP contribution in [0.5, 0.6) is 0 Å². The predicted molar refractivity (Wildman–Crippen MR) is 114 cm³/mol. The molecule has 3 aromatic carbocycles. The standard InChI is InChI=1S/C22H17ClFN3O4/c23-17-9-5-4-8-16(17)22(29)26-20(14-6-2-1-3-7-14)13-21(28)25-19-11-10-15(27(30)31)12-18(19)24/h1-12,20H,13H2,(H,25,28)(H,26,29). The van der Waals surface area contributed by atoms with Crippen LogP contribution in [0.25, 0.3) is 0 Å². The summed E-state index contributed by atoms with van der Waals surface area (Å²) < 4.78 is 14.1. The number of carbonyl (C=O) groups excluding carboxylic acids is 2. The number of hydrogen-bond donors (Lipinski definition) is 2. The molecule has 0 aliphatic rings. The third-order valence-corrected chi connectivity index (χ3v) is 4.78. The van der Waals surface area contributed by atoms with Crippen molar-refractivity contribution in [3.8, 4) is 0 Å². The SMILES string of the molecule is O=C(CC(NC(=O)c1ccccc1Cl)c1ccccc1)Nc1ccc([N+](=O)[O-])cc1F. The van der Waals surface area contributed by atoms with Gasteiger partial charge in [0.25, 0.3) is 11.6 Å². The lowest BCUT2D eigenvalue weighted by atomic mass is 10.0. The lowest BCUT2D eigenvalue weighted by molar-refractivity contribution is -0.385. The van der Waals surface area contributed by atoms with Crippen molar-refractivity contribution in [2.45, 2.75) is 12.5 Å². The summed E-state index contributed by atoms with van der Waals surface area (Å²) in [5.74, 6) is -1.98. The van der Waals surface area contributed by atoms with E-state index < -0.39 is 34.3 Å². The lowest BCUT2D eigenvalue weighted by Crippen LogP contribution is -2.31. The molecule has 0 aromatic heterocycles. The van der Waals surface area contributed by atoms with E-state index in [1.165, 1.54) is 0 Å². The number of nitrogens with zero attached hydrogens (tertiary/aromatic N) is 1. The van der Waals surface area contributed by atoms with Crippen molar-refractivity contribution in [2.75, 3.05) is 5.32 Å². The minimum Gasteiger partial charge on any atom is -0.345 e. The molecule has 0 saturated carbocycles. The fraction of sp³-hybridized carbons (Fsp3) is 0.0909. The van der Waals surface area contributed by atoms with Gasteiger partial charge in [-0.15, -0.1) is 0 Å². The molecule has 158 valence electrons. The van der Waals surface area contributed by atoms with Gasteiger partial charge >= 0.3 is 0 Å². The first kappa shape index (κ1) is 21.9. The van der Waals surface area contributed by atoms with Crippen molar-refractivity contribution in [2.24, 2.45) is 0 Å². The van der Waals surface area contributed by atoms with Crippen molar-refractivity contribution >= 4 is 34.8 Å². The Bertz CT molecular complexity index is 1120. The summed E-state index contributed by atoms with van der Waals surface area (Å²) in [6, 6.07) is 17.5. The summed E-state index contributed by atoms with van der Waals surface area (Å²) in [4.78, 5) is 35.3. The molecule has 31 heavy (non-hydrogen) atoms. The first-order chi connectivity index (χ1) is 14.8. The molecular weight excluding hydrogens is 425 g/mol. The Labute approximate surface area is 182 Å². The highest BCUT2D eigenvalue weighted by Crippen LogP contribution is 2.23. The minimum atomic E-state index is -0.932. The molecule has 0 fully saturated rings. The number of nitro groups is 1. The van der Waals surface area contributed by atoms with Gasteiger partial charge in [-0.25, -0.2) is 4.39 Å². The first-order valence-corrected chi connectivity index (χ1v) is 9.57. The molecule has 0 aliphatic carbocycles. The molecule has 2 N–H and O–H groups in total. The van der Waals surface area contributed by atoms with E-state index in [0.717, 1.165) is 18.2 Å². The first-order valence-electron chi connectivity index (χ1n) is 9.19. The number of rotatable bonds is 7. The molecule has 0 saturated heterocycles. The highest BCUT2D eigenvalue weighted by atomic mass is 35.5. The van der Waals surface area contributed by atoms with E-state index in [1.54, 1.807) is 54.6 Å². The Kier molecular flexibility index (Phi) is 6.94. The number of non-ortho nitro benzene ring substituents is 1. The average Bonchev–Trinajstić information content (AvgIpc) is 2.75. The third-order valence-electron chi connectivity index (χ3n) is 4.45. The van der Waals surface area contributed by atoms with Crippen LogP contribution >= 0.6 is 11.6 Å². The quantitative estimate of drug-likeness (QED) is 0.402. The number of nitrogens with one attached hydrogen (secondary N) is 2. The number of carbonyl (C=O) groups is 2. The van der Waals surface area contributed by atoms with Crippen LogP contribution in [0.1, 0.15) is 28.4 Å². The summed E-state index contributed by atoms with van der Waals surface area (Å²) >= 11 is 6.08. The van der Waals surface area contributed by atoms with Gasteiger partial charge in [-0.3, -0.25) is 19.7 Å². The second-order valence-corrected chi connectivity index (χ2v) is 7.00. The Morgan fingerprint density at radius 1 is 1.03 bits per heavy atom. The van der Waals surface area contributed by atoms with Crippen LogP contribution in [0.4, 0.5) is 15.8 Å². The van der Waals surface area contributed by atoms with Gasteiger partial charge < -0.3 is 10.6 Å². The third kappa shape index (κ3) is 5.64. The fourth-order valence-corrected chi connectivity index (χ4v) is 3.15. The topological polar surface area (TPSA) is 101 Å². The minimum absolute atomic E-state index is 0.195. The van der Waals surface area contributed by atoms with Gasteiger partial charge in [-0.1, -0.05) is 54.1 Å². The number of nitro benzene ring substituents is 1. The maximum absolute atomic E-state index is 14.1. The normalized spacial score (nSPS) is 11.4. The number of halogens is 2. The molecule has 9 heteroatoms. The molecule has 1 unspecified atom stereocenters. The molecule has 1 atom stereocenters. The van der Waals surface area contributed by atoms with E-state index in [1.807, 2.05) is 0 Å². The maximum Gasteiger partial charge on any atom is 0.272 e. The van der Waals surface area contributed by atoms with Crippen LogP contribution in [0.2, 0.25) is 5.02 Å². The van der Waals surface area contributed by atoms with Gasteiger partial charge in [0, 0.05) is 6.07 Å². The summed E-state index contributed by atoms with van der Waals surface area (Å²) in [5, 5.41) is 16.2. The maximum atomic E-state index is 14.1. The fourth-order valence-electron chi connectivity index (χ4n) is 2.92. The summed E-state index contributed by atoms with van der Waals surface area (Å²) in [7, 11) is 0. The van der Waals surface area contributed by atoms with E-state index in [0.29, 0.717) is 5.56 Å². The predicted octanol–water partition coefficient (Wildman–Crippen LogP) is 4.89. The van der Waals surface area contributed by atoms with Gasteiger partial charge in [-0.2, -0.15) is 0 Å². The zero-order valence-corrected chi connectivity index (χ0v) is 16.8. The van der Waals surface area contributed by atoms with Gasteiger partial charge in [-0.05, 0) is 23.8 Å². The Morgan fingerprint density at radius 2 is 1.71 bits per heavy atom. The summed E-state index contributed by atoms with van der Waals surface area (Å²) in [6.07, 6.45) is -0.198. The van der Waals surface area contributed by atoms with E-state index in [2.05, 4.69) is 10.6 Å². The number of anilines is 1. The van der Waals surface area contributed by atoms with Crippen LogP contribution in [0.15, 0.2) is 72.8 Å². The van der Waals surface area contributed by atoms with E-state index in [9.17, 15) is 24.1 Å². The van der Waals surface area contributed by atoms with Crippen LogP contribution in [-0.2, 0) is 4.79 Å². The molecule has 3 rings (SSSR count). The number of benzene rings is 3. The number of hydrogen-bond acceptors (Lipinski definition) is 4. The molecule has 0 radical (unpaired) electrons. The van der Waals surface area contributed by atoms with Crippen LogP contribution in [0.3, 0.4) is 0 Å². The van der Waals surface area contributed by atoms with E-state index >= 15 is 0 Å². The second kappa shape index (κ2) is 9.82. The van der Waals surface area contributed by atoms with E-state index in [-0.39, 0.29) is 22.7 Å².